The fraction of sp³-hybridized carbons (Fsp3) is 0.600. The van der Waals surface area contributed by atoms with E-state index in [-0.39, 0.29) is 12.6 Å². The van der Waals surface area contributed by atoms with Crippen LogP contribution in [0.4, 0.5) is 0 Å². The van der Waals surface area contributed by atoms with Gasteiger partial charge in [0.1, 0.15) is 0 Å². The fourth-order valence-corrected chi connectivity index (χ4v) is 2.32. The lowest BCUT2D eigenvalue weighted by Gasteiger charge is -2.16. The van der Waals surface area contributed by atoms with Crippen molar-refractivity contribution in [1.82, 2.24) is 0 Å². The number of hydrogen-bond acceptors (Lipinski definition) is 3. The molecule has 0 aromatic carbocycles. The van der Waals surface area contributed by atoms with Crippen LogP contribution in [0.3, 0.4) is 0 Å². The van der Waals surface area contributed by atoms with Gasteiger partial charge in [-0.25, -0.2) is 0 Å². The zero-order valence-corrected chi connectivity index (χ0v) is 8.97. The first kappa shape index (κ1) is 10.7. The van der Waals surface area contributed by atoms with Gasteiger partial charge in [0, 0.05) is 23.9 Å². The third-order valence-corrected chi connectivity index (χ3v) is 3.39. The Morgan fingerprint density at radius 3 is 2.77 bits per heavy atom. The molecule has 1 aromatic rings. The molecule has 0 unspecified atom stereocenters. The summed E-state index contributed by atoms with van der Waals surface area (Å²) in [7, 11) is 0. The van der Waals surface area contributed by atoms with E-state index in [1.165, 1.54) is 10.4 Å². The van der Waals surface area contributed by atoms with Crippen molar-refractivity contribution < 1.29 is 5.11 Å². The van der Waals surface area contributed by atoms with Gasteiger partial charge >= 0.3 is 0 Å². The second-order valence-corrected chi connectivity index (χ2v) is 4.42. The van der Waals surface area contributed by atoms with Crippen LogP contribution in [-0.4, -0.2) is 17.8 Å². The lowest BCUT2D eigenvalue weighted by atomic mass is 9.95. The quantitative estimate of drug-likeness (QED) is 0.776. The number of rotatable bonds is 4. The van der Waals surface area contributed by atoms with Crippen LogP contribution in [0, 0.1) is 0 Å². The molecule has 0 aliphatic carbocycles. The predicted molar refractivity (Wildman–Crippen MR) is 57.2 cm³/mol. The van der Waals surface area contributed by atoms with Gasteiger partial charge in [-0.3, -0.25) is 0 Å². The van der Waals surface area contributed by atoms with E-state index in [9.17, 15) is 0 Å². The molecule has 1 rings (SSSR count). The van der Waals surface area contributed by atoms with Crippen LogP contribution in [-0.2, 0) is 6.42 Å². The van der Waals surface area contributed by atoms with E-state index in [0.29, 0.717) is 5.92 Å². The summed E-state index contributed by atoms with van der Waals surface area (Å²) < 4.78 is 0. The van der Waals surface area contributed by atoms with E-state index in [1.807, 2.05) is 6.92 Å². The van der Waals surface area contributed by atoms with Crippen molar-refractivity contribution in [2.24, 2.45) is 5.73 Å². The summed E-state index contributed by atoms with van der Waals surface area (Å²) >= 11 is 1.70. The van der Waals surface area contributed by atoms with Gasteiger partial charge in [-0.05, 0) is 29.9 Å². The second kappa shape index (κ2) is 4.74. The molecule has 2 nitrogen and oxygen atoms in total. The minimum atomic E-state index is 0.173. The molecular weight excluding hydrogens is 182 g/mol. The van der Waals surface area contributed by atoms with Crippen LogP contribution in [0.5, 0.6) is 0 Å². The maximum atomic E-state index is 8.86. The van der Waals surface area contributed by atoms with Gasteiger partial charge in [0.15, 0.2) is 0 Å². The van der Waals surface area contributed by atoms with E-state index in [4.69, 9.17) is 10.8 Å². The van der Waals surface area contributed by atoms with Crippen molar-refractivity contribution in [3.63, 3.8) is 0 Å². The molecule has 0 aliphatic rings. The minimum absolute atomic E-state index is 0.173. The summed E-state index contributed by atoms with van der Waals surface area (Å²) in [6.45, 7) is 4.37. The van der Waals surface area contributed by atoms with Crippen molar-refractivity contribution in [2.75, 3.05) is 6.61 Å². The van der Waals surface area contributed by atoms with Gasteiger partial charge in [0.2, 0.25) is 0 Å². The first-order chi connectivity index (χ1) is 6.16. The Labute approximate surface area is 83.4 Å². The standard InChI is InChI=1S/C10H17NOS/c1-7(8(2)11)9-4-6-13-10(9)3-5-12/h4,6-8,12H,3,5,11H2,1-2H3/t7-,8+/m1/s1. The summed E-state index contributed by atoms with van der Waals surface area (Å²) in [4.78, 5) is 1.27. The van der Waals surface area contributed by atoms with E-state index in [0.717, 1.165) is 6.42 Å². The average Bonchev–Trinajstić information content (AvgIpc) is 2.52. The molecule has 0 saturated heterocycles. The molecule has 0 fully saturated rings. The summed E-state index contributed by atoms with van der Waals surface area (Å²) in [6.07, 6.45) is 0.754. The molecule has 2 atom stereocenters. The molecule has 1 heterocycles. The summed E-state index contributed by atoms with van der Waals surface area (Å²) in [6, 6.07) is 2.29. The number of nitrogens with two attached hydrogens (primary N) is 1. The Bertz CT molecular complexity index is 257. The SMILES string of the molecule is C[C@H](N)[C@@H](C)c1ccsc1CCO. The van der Waals surface area contributed by atoms with Gasteiger partial charge in [-0.1, -0.05) is 6.92 Å². The lowest BCUT2D eigenvalue weighted by Crippen LogP contribution is -2.22. The minimum Gasteiger partial charge on any atom is -0.396 e. The van der Waals surface area contributed by atoms with Crippen molar-refractivity contribution in [2.45, 2.75) is 32.2 Å². The Kier molecular flexibility index (Phi) is 3.90. The Morgan fingerprint density at radius 1 is 1.54 bits per heavy atom. The maximum absolute atomic E-state index is 8.86. The second-order valence-electron chi connectivity index (χ2n) is 3.42. The molecular formula is C10H17NOS. The van der Waals surface area contributed by atoms with Gasteiger partial charge in [-0.15, -0.1) is 11.3 Å². The van der Waals surface area contributed by atoms with Gasteiger partial charge in [-0.2, -0.15) is 0 Å². The monoisotopic (exact) mass is 199 g/mol. The van der Waals surface area contributed by atoms with Gasteiger partial charge in [0.25, 0.3) is 0 Å². The largest absolute Gasteiger partial charge is 0.396 e. The smallest absolute Gasteiger partial charge is 0.0479 e. The molecule has 0 saturated carbocycles. The van der Waals surface area contributed by atoms with Crippen LogP contribution in [0.1, 0.15) is 30.2 Å². The van der Waals surface area contributed by atoms with Crippen molar-refractivity contribution >= 4 is 11.3 Å². The molecule has 3 heteroatoms. The van der Waals surface area contributed by atoms with E-state index < -0.39 is 0 Å². The summed E-state index contributed by atoms with van der Waals surface area (Å²) in [5, 5.41) is 10.9. The first-order valence-electron chi connectivity index (χ1n) is 4.59. The highest BCUT2D eigenvalue weighted by atomic mass is 32.1. The molecule has 0 spiro atoms. The third kappa shape index (κ3) is 2.53. The summed E-state index contributed by atoms with van der Waals surface area (Å²) in [5.41, 5.74) is 7.13. The highest BCUT2D eigenvalue weighted by Crippen LogP contribution is 2.26. The number of thiophene rings is 1. The van der Waals surface area contributed by atoms with Crippen LogP contribution in [0.2, 0.25) is 0 Å². The Balaban J connectivity index is 2.80. The molecule has 0 radical (unpaired) electrons. The molecule has 74 valence electrons. The van der Waals surface area contributed by atoms with Gasteiger partial charge < -0.3 is 10.8 Å². The van der Waals surface area contributed by atoms with E-state index in [1.54, 1.807) is 11.3 Å². The normalized spacial score (nSPS) is 15.7. The molecule has 0 amide bonds. The topological polar surface area (TPSA) is 46.2 Å². The highest BCUT2D eigenvalue weighted by molar-refractivity contribution is 7.10. The number of hydrogen-bond donors (Lipinski definition) is 2. The summed E-state index contributed by atoms with van der Waals surface area (Å²) in [5.74, 6) is 0.382. The number of aliphatic hydroxyl groups is 1. The van der Waals surface area contributed by atoms with Crippen LogP contribution in [0.25, 0.3) is 0 Å². The van der Waals surface area contributed by atoms with Crippen LogP contribution < -0.4 is 5.73 Å². The molecule has 3 N–H and O–H groups in total. The maximum Gasteiger partial charge on any atom is 0.0479 e. The first-order valence-corrected chi connectivity index (χ1v) is 5.47. The zero-order valence-electron chi connectivity index (χ0n) is 8.16. The zero-order chi connectivity index (χ0) is 9.84. The van der Waals surface area contributed by atoms with Crippen molar-refractivity contribution in [1.29, 1.82) is 0 Å². The molecule has 1 aromatic heterocycles. The van der Waals surface area contributed by atoms with Crippen molar-refractivity contribution in [3.8, 4) is 0 Å². The molecule has 0 bridgehead atoms. The van der Waals surface area contributed by atoms with Gasteiger partial charge in [0.05, 0.1) is 0 Å². The fourth-order valence-electron chi connectivity index (χ4n) is 1.34. The number of aliphatic hydroxyl groups excluding tert-OH is 1. The average molecular weight is 199 g/mol. The van der Waals surface area contributed by atoms with Crippen molar-refractivity contribution in [3.05, 3.63) is 21.9 Å². The lowest BCUT2D eigenvalue weighted by molar-refractivity contribution is 0.300. The van der Waals surface area contributed by atoms with E-state index in [2.05, 4.69) is 18.4 Å². The molecule has 0 aliphatic heterocycles. The van der Waals surface area contributed by atoms with Crippen LogP contribution >= 0.6 is 11.3 Å². The van der Waals surface area contributed by atoms with E-state index >= 15 is 0 Å². The molecule has 13 heavy (non-hydrogen) atoms. The Morgan fingerprint density at radius 2 is 2.23 bits per heavy atom. The van der Waals surface area contributed by atoms with Crippen LogP contribution in [0.15, 0.2) is 11.4 Å². The predicted octanol–water partition coefficient (Wildman–Crippen LogP) is 1.73. The Hall–Kier alpha value is -0.380. The third-order valence-electron chi connectivity index (χ3n) is 2.40. The highest BCUT2D eigenvalue weighted by Gasteiger charge is 2.14.